The highest BCUT2D eigenvalue weighted by atomic mass is 35.5. The summed E-state index contributed by atoms with van der Waals surface area (Å²) in [6, 6.07) is 0. The SMILES string of the molecule is C=C=C(Cl)CCCl. The van der Waals surface area contributed by atoms with Gasteiger partial charge in [-0.15, -0.1) is 17.3 Å². The summed E-state index contributed by atoms with van der Waals surface area (Å²) in [5, 5.41) is 0.606. The average Bonchev–Trinajstić information content (AvgIpc) is 1.68. The second kappa shape index (κ2) is 4.26. The van der Waals surface area contributed by atoms with E-state index in [4.69, 9.17) is 23.2 Å². The van der Waals surface area contributed by atoms with Gasteiger partial charge in [0.05, 0.1) is 5.03 Å². The van der Waals surface area contributed by atoms with Gasteiger partial charge in [0.2, 0.25) is 0 Å². The van der Waals surface area contributed by atoms with Crippen molar-refractivity contribution >= 4 is 23.2 Å². The molecule has 0 spiro atoms. The number of hydrogen-bond acceptors (Lipinski definition) is 0. The van der Waals surface area contributed by atoms with E-state index in [9.17, 15) is 0 Å². The minimum atomic E-state index is 0.543. The van der Waals surface area contributed by atoms with Gasteiger partial charge in [-0.2, -0.15) is 0 Å². The summed E-state index contributed by atoms with van der Waals surface area (Å²) < 4.78 is 0. The molecule has 0 nitrogen and oxygen atoms in total. The molecule has 0 unspecified atom stereocenters. The number of allylic oxidation sites excluding steroid dienone is 1. The van der Waals surface area contributed by atoms with Crippen LogP contribution in [0.25, 0.3) is 0 Å². The molecule has 0 aliphatic carbocycles. The van der Waals surface area contributed by atoms with Gasteiger partial charge in [-0.3, -0.25) is 0 Å². The number of hydrogen-bond donors (Lipinski definition) is 0. The maximum Gasteiger partial charge on any atom is 0.0603 e. The summed E-state index contributed by atoms with van der Waals surface area (Å²) in [7, 11) is 0. The summed E-state index contributed by atoms with van der Waals surface area (Å²) >= 11 is 10.7. The topological polar surface area (TPSA) is 0 Å². The van der Waals surface area contributed by atoms with Crippen molar-refractivity contribution < 1.29 is 0 Å². The highest BCUT2D eigenvalue weighted by Crippen LogP contribution is 2.03. The normalized spacial score (nSPS) is 7.71. The second-order valence-electron chi connectivity index (χ2n) is 1.02. The third-order valence-corrected chi connectivity index (χ3v) is 1.02. The van der Waals surface area contributed by atoms with Crippen molar-refractivity contribution in [2.45, 2.75) is 6.42 Å². The Morgan fingerprint density at radius 3 is 2.43 bits per heavy atom. The molecule has 0 amide bonds. The fraction of sp³-hybridized carbons (Fsp3) is 0.400. The third-order valence-electron chi connectivity index (χ3n) is 0.506. The average molecular weight is 137 g/mol. The number of halogens is 2. The fourth-order valence-electron chi connectivity index (χ4n) is 0.171. The lowest BCUT2D eigenvalue weighted by atomic mass is 10.5. The van der Waals surface area contributed by atoms with Crippen LogP contribution in [0, 0.1) is 0 Å². The van der Waals surface area contributed by atoms with Crippen molar-refractivity contribution in [1.82, 2.24) is 0 Å². The van der Waals surface area contributed by atoms with Crippen LogP contribution < -0.4 is 0 Å². The fourth-order valence-corrected chi connectivity index (χ4v) is 0.552. The van der Waals surface area contributed by atoms with Crippen molar-refractivity contribution in [2.75, 3.05) is 5.88 Å². The first-order valence-electron chi connectivity index (χ1n) is 1.91. The molecule has 0 aromatic rings. The minimum Gasteiger partial charge on any atom is -0.126 e. The largest absolute Gasteiger partial charge is 0.126 e. The van der Waals surface area contributed by atoms with E-state index in [1.54, 1.807) is 0 Å². The van der Waals surface area contributed by atoms with Gasteiger partial charge >= 0.3 is 0 Å². The van der Waals surface area contributed by atoms with Crippen LogP contribution in [0.5, 0.6) is 0 Å². The van der Waals surface area contributed by atoms with Gasteiger partial charge in [0.1, 0.15) is 0 Å². The Kier molecular flexibility index (Phi) is 4.32. The van der Waals surface area contributed by atoms with Crippen molar-refractivity contribution in [3.63, 3.8) is 0 Å². The van der Waals surface area contributed by atoms with Crippen molar-refractivity contribution in [3.05, 3.63) is 17.3 Å². The zero-order valence-electron chi connectivity index (χ0n) is 3.88. The van der Waals surface area contributed by atoms with Crippen LogP contribution in [-0.4, -0.2) is 5.88 Å². The van der Waals surface area contributed by atoms with Crippen LogP contribution in [0.4, 0.5) is 0 Å². The smallest absolute Gasteiger partial charge is 0.0603 e. The van der Waals surface area contributed by atoms with Gasteiger partial charge < -0.3 is 0 Å². The summed E-state index contributed by atoms with van der Waals surface area (Å²) in [6.45, 7) is 3.33. The lowest BCUT2D eigenvalue weighted by Gasteiger charge is -1.82. The highest BCUT2D eigenvalue weighted by Gasteiger charge is 1.83. The third kappa shape index (κ3) is 3.94. The molecule has 0 radical (unpaired) electrons. The van der Waals surface area contributed by atoms with Gasteiger partial charge in [-0.1, -0.05) is 18.2 Å². The predicted octanol–water partition coefficient (Wildman–Crippen LogP) is 2.52. The van der Waals surface area contributed by atoms with Gasteiger partial charge in [-0.05, 0) is 0 Å². The lowest BCUT2D eigenvalue weighted by molar-refractivity contribution is 1.21. The molecule has 0 saturated carbocycles. The maximum absolute atomic E-state index is 5.42. The number of rotatable bonds is 2. The standard InChI is InChI=1S/C5H6Cl2/c1-2-5(7)3-4-6/h1,3-4H2. The summed E-state index contributed by atoms with van der Waals surface area (Å²) in [5.41, 5.74) is 2.51. The monoisotopic (exact) mass is 136 g/mol. The van der Waals surface area contributed by atoms with Gasteiger partial charge in [0.25, 0.3) is 0 Å². The van der Waals surface area contributed by atoms with Crippen LogP contribution in [-0.2, 0) is 0 Å². The second-order valence-corrected chi connectivity index (χ2v) is 1.85. The molecule has 0 saturated heterocycles. The first kappa shape index (κ1) is 7.10. The molecule has 0 aliphatic heterocycles. The van der Waals surface area contributed by atoms with Crippen molar-refractivity contribution in [2.24, 2.45) is 0 Å². The Labute approximate surface area is 53.4 Å². The Hall–Kier alpha value is 0.100. The van der Waals surface area contributed by atoms with E-state index < -0.39 is 0 Å². The Morgan fingerprint density at radius 1 is 1.71 bits per heavy atom. The van der Waals surface area contributed by atoms with Gasteiger partial charge in [0, 0.05) is 12.3 Å². The first-order valence-corrected chi connectivity index (χ1v) is 2.83. The van der Waals surface area contributed by atoms with E-state index in [1.165, 1.54) is 0 Å². The zero-order chi connectivity index (χ0) is 5.70. The van der Waals surface area contributed by atoms with Crippen LogP contribution in [0.15, 0.2) is 17.3 Å². The first-order chi connectivity index (χ1) is 3.31. The minimum absolute atomic E-state index is 0.543. The van der Waals surface area contributed by atoms with Crippen LogP contribution in [0.1, 0.15) is 6.42 Å². The predicted molar refractivity (Wildman–Crippen MR) is 33.8 cm³/mol. The quantitative estimate of drug-likeness (QED) is 0.405. The molecule has 0 heterocycles. The lowest BCUT2D eigenvalue weighted by Crippen LogP contribution is -1.69. The molecular formula is C5H6Cl2. The number of alkyl halides is 1. The van der Waals surface area contributed by atoms with E-state index in [0.717, 1.165) is 0 Å². The van der Waals surface area contributed by atoms with Gasteiger partial charge in [-0.25, -0.2) is 0 Å². The van der Waals surface area contributed by atoms with Crippen LogP contribution in [0.2, 0.25) is 0 Å². The maximum atomic E-state index is 5.42. The molecule has 0 N–H and O–H groups in total. The van der Waals surface area contributed by atoms with E-state index in [1.807, 2.05) is 0 Å². The molecule has 0 aliphatic rings. The van der Waals surface area contributed by atoms with E-state index in [0.29, 0.717) is 17.3 Å². The molecule has 0 fully saturated rings. The van der Waals surface area contributed by atoms with Crippen LogP contribution >= 0.6 is 23.2 Å². The highest BCUT2D eigenvalue weighted by molar-refractivity contribution is 6.30. The summed E-state index contributed by atoms with van der Waals surface area (Å²) in [4.78, 5) is 0. The molecular weight excluding hydrogens is 131 g/mol. The molecule has 40 valence electrons. The molecule has 0 atom stereocenters. The zero-order valence-corrected chi connectivity index (χ0v) is 5.39. The van der Waals surface area contributed by atoms with Crippen molar-refractivity contribution in [3.8, 4) is 0 Å². The molecule has 0 bridgehead atoms. The molecule has 2 heteroatoms. The van der Waals surface area contributed by atoms with E-state index >= 15 is 0 Å². The summed E-state index contributed by atoms with van der Waals surface area (Å²) in [6.07, 6.45) is 0.673. The molecule has 0 rings (SSSR count). The molecule has 7 heavy (non-hydrogen) atoms. The van der Waals surface area contributed by atoms with E-state index in [2.05, 4.69) is 12.3 Å². The Morgan fingerprint density at radius 2 is 2.29 bits per heavy atom. The Bertz CT molecular complexity index is 90.3. The summed E-state index contributed by atoms with van der Waals surface area (Å²) in [5.74, 6) is 0.543. The van der Waals surface area contributed by atoms with Crippen molar-refractivity contribution in [1.29, 1.82) is 0 Å². The molecule has 0 aromatic carbocycles. The van der Waals surface area contributed by atoms with Gasteiger partial charge in [0.15, 0.2) is 0 Å². The van der Waals surface area contributed by atoms with Crippen LogP contribution in [0.3, 0.4) is 0 Å². The Balaban J connectivity index is 3.37. The van der Waals surface area contributed by atoms with E-state index in [-0.39, 0.29) is 0 Å². The molecule has 0 aromatic heterocycles.